The Morgan fingerprint density at radius 2 is 1.75 bits per heavy atom. The van der Waals surface area contributed by atoms with Gasteiger partial charge in [0.05, 0.1) is 13.7 Å². The van der Waals surface area contributed by atoms with E-state index in [0.29, 0.717) is 23.7 Å². The Morgan fingerprint density at radius 3 is 2.46 bits per heavy atom. The van der Waals surface area contributed by atoms with Crippen molar-refractivity contribution in [1.29, 1.82) is 0 Å². The van der Waals surface area contributed by atoms with Crippen molar-refractivity contribution >= 4 is 5.78 Å². The second-order valence-corrected chi connectivity index (χ2v) is 5.68. The topological polar surface area (TPSA) is 48.4 Å². The standard InChI is InChI=1S/C20H25NO3/c1-3-4-5-6-7-15-24-17-13-11-16(12-14-17)20(22)18-9-8-10-19(21-18)23-2/h8-14H,3-7,15H2,1-2H3. The molecule has 0 radical (unpaired) electrons. The number of carbonyl (C=O) groups is 1. The van der Waals surface area contributed by atoms with Crippen molar-refractivity contribution in [3.8, 4) is 11.6 Å². The van der Waals surface area contributed by atoms with Gasteiger partial charge >= 0.3 is 0 Å². The van der Waals surface area contributed by atoms with Gasteiger partial charge in [0.15, 0.2) is 0 Å². The maximum absolute atomic E-state index is 12.4. The molecule has 128 valence electrons. The summed E-state index contributed by atoms with van der Waals surface area (Å²) in [6.45, 7) is 2.93. The smallest absolute Gasteiger partial charge is 0.213 e. The van der Waals surface area contributed by atoms with E-state index in [1.807, 2.05) is 12.1 Å². The Kier molecular flexibility index (Phi) is 7.27. The molecule has 4 heteroatoms. The first kappa shape index (κ1) is 18.0. The molecule has 0 bridgehead atoms. The van der Waals surface area contributed by atoms with Gasteiger partial charge in [0.25, 0.3) is 0 Å². The number of aromatic nitrogens is 1. The summed E-state index contributed by atoms with van der Waals surface area (Å²) in [6, 6.07) is 12.4. The van der Waals surface area contributed by atoms with Crippen LogP contribution in [0.5, 0.6) is 11.6 Å². The number of nitrogens with zero attached hydrogens (tertiary/aromatic N) is 1. The van der Waals surface area contributed by atoms with Gasteiger partial charge in [0, 0.05) is 11.6 Å². The summed E-state index contributed by atoms with van der Waals surface area (Å²) in [6.07, 6.45) is 6.06. The molecule has 0 N–H and O–H groups in total. The van der Waals surface area contributed by atoms with Gasteiger partial charge in [-0.3, -0.25) is 4.79 Å². The molecule has 24 heavy (non-hydrogen) atoms. The predicted molar refractivity (Wildman–Crippen MR) is 94.9 cm³/mol. The van der Waals surface area contributed by atoms with Crippen molar-refractivity contribution in [2.24, 2.45) is 0 Å². The third kappa shape index (κ3) is 5.37. The van der Waals surface area contributed by atoms with Gasteiger partial charge in [-0.1, -0.05) is 38.7 Å². The van der Waals surface area contributed by atoms with Crippen LogP contribution in [0.1, 0.15) is 55.1 Å². The molecule has 0 aliphatic carbocycles. The lowest BCUT2D eigenvalue weighted by Crippen LogP contribution is -2.05. The minimum Gasteiger partial charge on any atom is -0.494 e. The second-order valence-electron chi connectivity index (χ2n) is 5.68. The van der Waals surface area contributed by atoms with Gasteiger partial charge in [0.2, 0.25) is 11.7 Å². The fraction of sp³-hybridized carbons (Fsp3) is 0.400. The van der Waals surface area contributed by atoms with Crippen LogP contribution in [-0.4, -0.2) is 24.5 Å². The van der Waals surface area contributed by atoms with Crippen molar-refractivity contribution in [2.45, 2.75) is 39.0 Å². The number of carbonyl (C=O) groups excluding carboxylic acids is 1. The van der Waals surface area contributed by atoms with Crippen molar-refractivity contribution in [3.63, 3.8) is 0 Å². The normalized spacial score (nSPS) is 10.4. The van der Waals surface area contributed by atoms with E-state index in [2.05, 4.69) is 11.9 Å². The molecule has 0 spiro atoms. The van der Waals surface area contributed by atoms with Crippen LogP contribution >= 0.6 is 0 Å². The molecular weight excluding hydrogens is 302 g/mol. The van der Waals surface area contributed by atoms with Crippen LogP contribution in [0, 0.1) is 0 Å². The monoisotopic (exact) mass is 327 g/mol. The van der Waals surface area contributed by atoms with E-state index in [4.69, 9.17) is 9.47 Å². The van der Waals surface area contributed by atoms with Crippen LogP contribution in [0.15, 0.2) is 42.5 Å². The minimum absolute atomic E-state index is 0.125. The fourth-order valence-corrected chi connectivity index (χ4v) is 2.40. The summed E-state index contributed by atoms with van der Waals surface area (Å²) in [5.74, 6) is 1.10. The summed E-state index contributed by atoms with van der Waals surface area (Å²) in [5.41, 5.74) is 0.963. The summed E-state index contributed by atoms with van der Waals surface area (Å²) >= 11 is 0. The van der Waals surface area contributed by atoms with Crippen molar-refractivity contribution in [2.75, 3.05) is 13.7 Å². The van der Waals surface area contributed by atoms with Crippen LogP contribution < -0.4 is 9.47 Å². The number of pyridine rings is 1. The zero-order chi connectivity index (χ0) is 17.2. The molecule has 4 nitrogen and oxygen atoms in total. The highest BCUT2D eigenvalue weighted by Gasteiger charge is 2.11. The summed E-state index contributed by atoms with van der Waals surface area (Å²) < 4.78 is 10.8. The van der Waals surface area contributed by atoms with E-state index >= 15 is 0 Å². The molecule has 0 fully saturated rings. The minimum atomic E-state index is -0.125. The lowest BCUT2D eigenvalue weighted by Gasteiger charge is -2.07. The fourth-order valence-electron chi connectivity index (χ4n) is 2.40. The van der Waals surface area contributed by atoms with Crippen molar-refractivity contribution in [3.05, 3.63) is 53.7 Å². The van der Waals surface area contributed by atoms with Crippen LogP contribution in [0.25, 0.3) is 0 Å². The lowest BCUT2D eigenvalue weighted by atomic mass is 10.1. The number of ether oxygens (including phenoxy) is 2. The van der Waals surface area contributed by atoms with E-state index in [0.717, 1.165) is 12.2 Å². The first-order valence-electron chi connectivity index (χ1n) is 8.53. The van der Waals surface area contributed by atoms with Crippen LogP contribution in [0.3, 0.4) is 0 Å². The van der Waals surface area contributed by atoms with Crippen LogP contribution in [-0.2, 0) is 0 Å². The number of hydrogen-bond acceptors (Lipinski definition) is 4. The van der Waals surface area contributed by atoms with Crippen molar-refractivity contribution < 1.29 is 14.3 Å². The molecule has 0 unspecified atom stereocenters. The van der Waals surface area contributed by atoms with E-state index in [9.17, 15) is 4.79 Å². The summed E-state index contributed by atoms with van der Waals surface area (Å²) in [4.78, 5) is 16.6. The van der Waals surface area contributed by atoms with Gasteiger partial charge in [-0.2, -0.15) is 0 Å². The molecule has 0 saturated heterocycles. The molecule has 1 heterocycles. The maximum Gasteiger partial charge on any atom is 0.213 e. The van der Waals surface area contributed by atoms with E-state index in [1.54, 1.807) is 30.3 Å². The van der Waals surface area contributed by atoms with Crippen LogP contribution in [0.2, 0.25) is 0 Å². The van der Waals surface area contributed by atoms with Gasteiger partial charge in [-0.15, -0.1) is 0 Å². The molecule has 1 aromatic carbocycles. The second kappa shape index (κ2) is 9.71. The number of unbranched alkanes of at least 4 members (excludes halogenated alkanes) is 4. The van der Waals surface area contributed by atoms with E-state index in [1.165, 1.54) is 32.8 Å². The van der Waals surface area contributed by atoms with Gasteiger partial charge in [-0.25, -0.2) is 4.98 Å². The first-order chi connectivity index (χ1) is 11.7. The Bertz CT molecular complexity index is 638. The Labute approximate surface area is 143 Å². The third-order valence-corrected chi connectivity index (χ3v) is 3.80. The maximum atomic E-state index is 12.4. The Balaban J connectivity index is 1.88. The molecule has 1 aromatic heterocycles. The number of methoxy groups -OCH3 is 1. The molecular formula is C20H25NO3. The summed E-state index contributed by atoms with van der Waals surface area (Å²) in [5, 5.41) is 0. The van der Waals surface area contributed by atoms with Crippen LogP contribution in [0.4, 0.5) is 0 Å². The average Bonchev–Trinajstić information content (AvgIpc) is 2.64. The highest BCUT2D eigenvalue weighted by Crippen LogP contribution is 2.16. The molecule has 0 atom stereocenters. The zero-order valence-electron chi connectivity index (χ0n) is 14.5. The molecule has 2 aromatic rings. The largest absolute Gasteiger partial charge is 0.494 e. The number of benzene rings is 1. The van der Waals surface area contributed by atoms with Gasteiger partial charge in [0.1, 0.15) is 11.4 Å². The molecule has 2 rings (SSSR count). The number of ketones is 1. The van der Waals surface area contributed by atoms with E-state index in [-0.39, 0.29) is 5.78 Å². The predicted octanol–water partition coefficient (Wildman–Crippen LogP) is 4.67. The van der Waals surface area contributed by atoms with Gasteiger partial charge < -0.3 is 9.47 Å². The Morgan fingerprint density at radius 1 is 1.00 bits per heavy atom. The number of rotatable bonds is 10. The lowest BCUT2D eigenvalue weighted by molar-refractivity contribution is 0.103. The van der Waals surface area contributed by atoms with Gasteiger partial charge in [-0.05, 0) is 36.8 Å². The first-order valence-corrected chi connectivity index (χ1v) is 8.53. The van der Waals surface area contributed by atoms with E-state index < -0.39 is 0 Å². The zero-order valence-corrected chi connectivity index (χ0v) is 14.5. The quantitative estimate of drug-likeness (QED) is 0.470. The molecule has 0 aliphatic heterocycles. The third-order valence-electron chi connectivity index (χ3n) is 3.80. The SMILES string of the molecule is CCCCCCCOc1ccc(C(=O)c2cccc(OC)n2)cc1. The molecule has 0 amide bonds. The Hall–Kier alpha value is -2.36. The average molecular weight is 327 g/mol. The summed E-state index contributed by atoms with van der Waals surface area (Å²) in [7, 11) is 1.53. The highest BCUT2D eigenvalue weighted by molar-refractivity contribution is 6.07. The molecule has 0 saturated carbocycles. The van der Waals surface area contributed by atoms with Crippen molar-refractivity contribution in [1.82, 2.24) is 4.98 Å². The number of hydrogen-bond donors (Lipinski definition) is 0. The highest BCUT2D eigenvalue weighted by atomic mass is 16.5. The molecule has 0 aliphatic rings.